The molecule has 0 saturated heterocycles. The molecule has 0 aliphatic rings. The molecule has 0 amide bonds. The first kappa shape index (κ1) is 9.59. The van der Waals surface area contributed by atoms with Gasteiger partial charge >= 0.3 is 6.18 Å². The van der Waals surface area contributed by atoms with Crippen LogP contribution in [0.3, 0.4) is 0 Å². The molecule has 68 valence electrons. The number of benzene rings is 1. The van der Waals surface area contributed by atoms with Crippen molar-refractivity contribution in [3.8, 4) is 6.07 Å². The van der Waals surface area contributed by atoms with Gasteiger partial charge < -0.3 is 0 Å². The molecule has 0 saturated carbocycles. The van der Waals surface area contributed by atoms with Crippen LogP contribution in [0.15, 0.2) is 24.3 Å². The van der Waals surface area contributed by atoms with Crippen LogP contribution in [0, 0.1) is 11.3 Å². The zero-order valence-corrected chi connectivity index (χ0v) is 6.60. The van der Waals surface area contributed by atoms with Crippen LogP contribution in [0.4, 0.5) is 13.2 Å². The maximum Gasteiger partial charge on any atom is 0.416 e. The first-order valence-corrected chi connectivity index (χ1v) is 3.58. The summed E-state index contributed by atoms with van der Waals surface area (Å²) in [5, 5.41) is 8.29. The van der Waals surface area contributed by atoms with Crippen molar-refractivity contribution < 1.29 is 13.2 Å². The van der Waals surface area contributed by atoms with Crippen molar-refractivity contribution in [2.45, 2.75) is 12.6 Å². The molecule has 0 aliphatic heterocycles. The molecule has 0 unspecified atom stereocenters. The van der Waals surface area contributed by atoms with Crippen LogP contribution < -0.4 is 0 Å². The van der Waals surface area contributed by atoms with Crippen LogP contribution in [0.2, 0.25) is 0 Å². The summed E-state index contributed by atoms with van der Waals surface area (Å²) >= 11 is 0. The fraction of sp³-hybridized carbons (Fsp3) is 0.222. The topological polar surface area (TPSA) is 23.8 Å². The van der Waals surface area contributed by atoms with E-state index in [1.807, 2.05) is 0 Å². The van der Waals surface area contributed by atoms with Gasteiger partial charge in [0.2, 0.25) is 0 Å². The molecule has 13 heavy (non-hydrogen) atoms. The predicted octanol–water partition coefficient (Wildman–Crippen LogP) is 2.77. The molecule has 0 atom stereocenters. The van der Waals surface area contributed by atoms with Crippen LogP contribution in [-0.2, 0) is 12.6 Å². The van der Waals surface area contributed by atoms with E-state index in [9.17, 15) is 13.2 Å². The van der Waals surface area contributed by atoms with Gasteiger partial charge in [0.1, 0.15) is 0 Å². The lowest BCUT2D eigenvalue weighted by atomic mass is 10.1. The highest BCUT2D eigenvalue weighted by molar-refractivity contribution is 5.31. The molecule has 1 rings (SSSR count). The number of rotatable bonds is 1. The predicted molar refractivity (Wildman–Crippen MR) is 40.8 cm³/mol. The van der Waals surface area contributed by atoms with Crippen LogP contribution >= 0.6 is 0 Å². The second-order valence-corrected chi connectivity index (χ2v) is 2.49. The summed E-state index contributed by atoms with van der Waals surface area (Å²) in [7, 11) is 0. The van der Waals surface area contributed by atoms with Gasteiger partial charge in [0.25, 0.3) is 0 Å². The maximum atomic E-state index is 12.3. The van der Waals surface area contributed by atoms with Gasteiger partial charge in [-0.25, -0.2) is 0 Å². The van der Waals surface area contributed by atoms with Gasteiger partial charge in [0.05, 0.1) is 18.1 Å². The van der Waals surface area contributed by atoms with Crippen molar-refractivity contribution in [1.82, 2.24) is 0 Å². The third-order valence-electron chi connectivity index (χ3n) is 1.59. The van der Waals surface area contributed by atoms with E-state index in [2.05, 4.69) is 0 Å². The van der Waals surface area contributed by atoms with Gasteiger partial charge in [-0.3, -0.25) is 0 Å². The summed E-state index contributed by atoms with van der Waals surface area (Å²) < 4.78 is 36.8. The van der Waals surface area contributed by atoms with Gasteiger partial charge in [0.15, 0.2) is 0 Å². The Bertz CT molecular complexity index is 335. The Balaban J connectivity index is 3.14. The molecule has 0 heterocycles. The molecule has 1 aromatic carbocycles. The highest BCUT2D eigenvalue weighted by Crippen LogP contribution is 2.31. The molecule has 0 radical (unpaired) electrons. The lowest BCUT2D eigenvalue weighted by molar-refractivity contribution is -0.138. The summed E-state index contributed by atoms with van der Waals surface area (Å²) in [5.74, 6) is 0. The molecule has 0 spiro atoms. The average Bonchev–Trinajstić information content (AvgIpc) is 2.04. The fourth-order valence-corrected chi connectivity index (χ4v) is 1.04. The zero-order valence-electron chi connectivity index (χ0n) is 6.60. The Kier molecular flexibility index (Phi) is 2.57. The standard InChI is InChI=1S/C9H6F3N/c10-9(11,12)8-4-2-1-3-7(8)5-6-13/h1-4H,5H2. The number of nitrogens with zero attached hydrogens (tertiary/aromatic N) is 1. The molecular weight excluding hydrogens is 179 g/mol. The smallest absolute Gasteiger partial charge is 0.198 e. The minimum absolute atomic E-state index is 0.0255. The quantitative estimate of drug-likeness (QED) is 0.659. The number of hydrogen-bond donors (Lipinski definition) is 0. The third-order valence-corrected chi connectivity index (χ3v) is 1.59. The Hall–Kier alpha value is -1.50. The number of nitriles is 1. The van der Waals surface area contributed by atoms with Gasteiger partial charge in [0, 0.05) is 0 Å². The molecule has 4 heteroatoms. The SMILES string of the molecule is N#CCc1ccccc1C(F)(F)F. The van der Waals surface area contributed by atoms with Gasteiger partial charge in [-0.2, -0.15) is 18.4 Å². The van der Waals surface area contributed by atoms with Crippen molar-refractivity contribution in [3.63, 3.8) is 0 Å². The number of alkyl halides is 3. The second kappa shape index (κ2) is 3.48. The lowest BCUT2D eigenvalue weighted by Crippen LogP contribution is -2.08. The van der Waals surface area contributed by atoms with Crippen LogP contribution in [-0.4, -0.2) is 0 Å². The van der Waals surface area contributed by atoms with Crippen molar-refractivity contribution in [2.75, 3.05) is 0 Å². The van der Waals surface area contributed by atoms with Gasteiger partial charge in [-0.05, 0) is 11.6 Å². The molecule has 0 fully saturated rings. The first-order valence-electron chi connectivity index (χ1n) is 3.58. The van der Waals surface area contributed by atoms with Crippen molar-refractivity contribution >= 4 is 0 Å². The van der Waals surface area contributed by atoms with Crippen LogP contribution in [0.5, 0.6) is 0 Å². The largest absolute Gasteiger partial charge is 0.416 e. The highest BCUT2D eigenvalue weighted by atomic mass is 19.4. The Morgan fingerprint density at radius 3 is 2.38 bits per heavy atom. The molecule has 1 nitrogen and oxygen atoms in total. The van der Waals surface area contributed by atoms with Gasteiger partial charge in [-0.1, -0.05) is 18.2 Å². The van der Waals surface area contributed by atoms with Crippen molar-refractivity contribution in [1.29, 1.82) is 5.26 Å². The van der Waals surface area contributed by atoms with E-state index < -0.39 is 11.7 Å². The first-order chi connectivity index (χ1) is 6.05. The fourth-order valence-electron chi connectivity index (χ4n) is 1.04. The van der Waals surface area contributed by atoms with Gasteiger partial charge in [-0.15, -0.1) is 0 Å². The lowest BCUT2D eigenvalue weighted by Gasteiger charge is -2.09. The third kappa shape index (κ3) is 2.22. The van der Waals surface area contributed by atoms with Crippen LogP contribution in [0.25, 0.3) is 0 Å². The molecule has 0 bridgehead atoms. The van der Waals surface area contributed by atoms with E-state index >= 15 is 0 Å². The summed E-state index contributed by atoms with van der Waals surface area (Å²) in [6.07, 6.45) is -4.58. The van der Waals surface area contributed by atoms with Crippen molar-refractivity contribution in [2.24, 2.45) is 0 Å². The van der Waals surface area contributed by atoms with E-state index in [1.165, 1.54) is 18.2 Å². The molecule has 0 aromatic heterocycles. The molecule has 1 aromatic rings. The van der Waals surface area contributed by atoms with E-state index in [0.29, 0.717) is 0 Å². The molecule has 0 N–H and O–H groups in total. The van der Waals surface area contributed by atoms with Crippen molar-refractivity contribution in [3.05, 3.63) is 35.4 Å². The van der Waals surface area contributed by atoms with E-state index in [0.717, 1.165) is 6.07 Å². The summed E-state index contributed by atoms with van der Waals surface area (Å²) in [5.41, 5.74) is -0.700. The van der Waals surface area contributed by atoms with E-state index in [-0.39, 0.29) is 12.0 Å². The minimum atomic E-state index is -4.37. The minimum Gasteiger partial charge on any atom is -0.198 e. The maximum absolute atomic E-state index is 12.3. The molecule has 0 aliphatic carbocycles. The Morgan fingerprint density at radius 1 is 1.23 bits per heavy atom. The summed E-state index contributed by atoms with van der Waals surface area (Å²) in [4.78, 5) is 0. The normalized spacial score (nSPS) is 10.9. The average molecular weight is 185 g/mol. The Morgan fingerprint density at radius 2 is 1.85 bits per heavy atom. The Labute approximate surface area is 73.4 Å². The zero-order chi connectivity index (χ0) is 9.90. The monoisotopic (exact) mass is 185 g/mol. The summed E-state index contributed by atoms with van der Waals surface area (Å²) in [6, 6.07) is 6.78. The number of halogens is 3. The molecular formula is C9H6F3N. The number of hydrogen-bond acceptors (Lipinski definition) is 1. The van der Waals surface area contributed by atoms with E-state index in [1.54, 1.807) is 6.07 Å². The second-order valence-electron chi connectivity index (χ2n) is 2.49. The van der Waals surface area contributed by atoms with Crippen LogP contribution in [0.1, 0.15) is 11.1 Å². The summed E-state index contributed by atoms with van der Waals surface area (Å²) in [6.45, 7) is 0. The van der Waals surface area contributed by atoms with E-state index in [4.69, 9.17) is 5.26 Å². The highest BCUT2D eigenvalue weighted by Gasteiger charge is 2.32.